The van der Waals surface area contributed by atoms with Crippen molar-refractivity contribution in [2.75, 3.05) is 50.8 Å². The van der Waals surface area contributed by atoms with Gasteiger partial charge in [-0.25, -0.2) is 9.37 Å². The summed E-state index contributed by atoms with van der Waals surface area (Å²) in [4.78, 5) is 74.1. The molecule has 11 heteroatoms. The number of fused-ring (bicyclic) bond motifs is 4. The Bertz CT molecular complexity index is 3400. The van der Waals surface area contributed by atoms with Crippen molar-refractivity contribution in [3.8, 4) is 11.5 Å². The number of rotatable bonds is 9. The maximum absolute atomic E-state index is 13.9. The summed E-state index contributed by atoms with van der Waals surface area (Å²) in [5, 5.41) is 5.00. The lowest BCUT2D eigenvalue weighted by Gasteiger charge is -2.35. The summed E-state index contributed by atoms with van der Waals surface area (Å²) in [7, 11) is 0. The van der Waals surface area contributed by atoms with Gasteiger partial charge in [-0.2, -0.15) is 0 Å². The van der Waals surface area contributed by atoms with Crippen LogP contribution in [0.3, 0.4) is 0 Å². The molecule has 0 N–H and O–H groups in total. The van der Waals surface area contributed by atoms with E-state index in [-0.39, 0.29) is 43.3 Å². The number of nitrogens with zero attached hydrogens (tertiary/aromatic N) is 4. The molecule has 330 valence electrons. The highest BCUT2D eigenvalue weighted by atomic mass is 16.5. The Morgan fingerprint density at radius 1 is 0.612 bits per heavy atom. The predicted molar refractivity (Wildman–Crippen MR) is 255 cm³/mol. The fourth-order valence-electron chi connectivity index (χ4n) is 11.1. The number of hydrogen-bond acceptors (Lipinski definition) is 8. The van der Waals surface area contributed by atoms with E-state index in [1.807, 2.05) is 66.7 Å². The second kappa shape index (κ2) is 15.9. The first-order valence-electron chi connectivity index (χ1n) is 23.2. The number of hydrogen-bond donors (Lipinski definition) is 0. The molecule has 7 aromatic rings. The number of aryl methyl sites for hydroxylation is 2. The van der Waals surface area contributed by atoms with Crippen LogP contribution < -0.4 is 24.8 Å². The lowest BCUT2D eigenvalue weighted by molar-refractivity contribution is 0.0523. The van der Waals surface area contributed by atoms with Crippen molar-refractivity contribution in [3.05, 3.63) is 182 Å². The zero-order chi connectivity index (χ0) is 45.5. The molecule has 0 bridgehead atoms. The number of ether oxygens (including phenoxy) is 2. The van der Waals surface area contributed by atoms with E-state index in [2.05, 4.69) is 33.7 Å². The van der Waals surface area contributed by atoms with Gasteiger partial charge in [-0.1, -0.05) is 66.7 Å². The van der Waals surface area contributed by atoms with Crippen molar-refractivity contribution in [1.82, 2.24) is 14.4 Å². The quantitative estimate of drug-likeness (QED) is 0.0843. The van der Waals surface area contributed by atoms with E-state index >= 15 is 0 Å². The molecule has 0 aromatic heterocycles. The van der Waals surface area contributed by atoms with Crippen LogP contribution in [0.2, 0.25) is 0 Å². The summed E-state index contributed by atoms with van der Waals surface area (Å²) in [5.74, 6) is -0.308. The largest absolute Gasteiger partial charge is 0.462 e. The van der Waals surface area contributed by atoms with Crippen LogP contribution in [-0.2, 0) is 17.6 Å². The topological polar surface area (TPSA) is 117 Å². The molecule has 7 aromatic carbocycles. The Balaban J connectivity index is 0.926. The first-order chi connectivity index (χ1) is 32.8. The zero-order valence-electron chi connectivity index (χ0n) is 37.0. The van der Waals surface area contributed by atoms with Crippen LogP contribution in [0.4, 0.5) is 5.69 Å². The van der Waals surface area contributed by atoms with Gasteiger partial charge in [0.2, 0.25) is 5.36 Å². The van der Waals surface area contributed by atoms with E-state index < -0.39 is 5.97 Å². The smallest absolute Gasteiger partial charge is 0.338 e. The fraction of sp³-hybridized carbons (Fsp3) is 0.214. The lowest BCUT2D eigenvalue weighted by Crippen LogP contribution is -2.47. The molecule has 0 spiro atoms. The second-order valence-corrected chi connectivity index (χ2v) is 17.8. The van der Waals surface area contributed by atoms with Crippen molar-refractivity contribution in [3.63, 3.8) is 0 Å². The van der Waals surface area contributed by atoms with E-state index in [1.165, 1.54) is 9.80 Å². The molecule has 0 saturated heterocycles. The van der Waals surface area contributed by atoms with Crippen molar-refractivity contribution < 1.29 is 33.4 Å². The predicted octanol–water partition coefficient (Wildman–Crippen LogP) is 7.31. The van der Waals surface area contributed by atoms with E-state index in [9.17, 15) is 24.0 Å². The maximum atomic E-state index is 13.9. The molecule has 0 unspecified atom stereocenters. The van der Waals surface area contributed by atoms with Gasteiger partial charge in [0.05, 0.1) is 24.8 Å². The van der Waals surface area contributed by atoms with Crippen LogP contribution in [0.5, 0.6) is 11.5 Å². The third-order valence-corrected chi connectivity index (χ3v) is 14.1. The fourth-order valence-corrected chi connectivity index (χ4v) is 11.1. The van der Waals surface area contributed by atoms with Crippen LogP contribution in [0.15, 0.2) is 121 Å². The lowest BCUT2D eigenvalue weighted by atomic mass is 9.86. The third kappa shape index (κ3) is 6.47. The van der Waals surface area contributed by atoms with Crippen LogP contribution in [0, 0.1) is 0 Å². The third-order valence-electron chi connectivity index (χ3n) is 14.1. The minimum atomic E-state index is -0.408. The van der Waals surface area contributed by atoms with E-state index in [1.54, 1.807) is 37.3 Å². The molecule has 12 rings (SSSR count). The molecule has 0 saturated carbocycles. The van der Waals surface area contributed by atoms with Gasteiger partial charge in [0.25, 0.3) is 23.6 Å². The van der Waals surface area contributed by atoms with Gasteiger partial charge in [0, 0.05) is 92.8 Å². The van der Waals surface area contributed by atoms with Gasteiger partial charge in [-0.3, -0.25) is 29.0 Å². The number of imide groups is 2. The minimum absolute atomic E-state index is 0.214. The molecule has 0 atom stereocenters. The van der Waals surface area contributed by atoms with Crippen molar-refractivity contribution in [2.24, 2.45) is 0 Å². The number of carbonyl (C=O) groups is 5. The van der Waals surface area contributed by atoms with Gasteiger partial charge in [0.1, 0.15) is 18.0 Å². The van der Waals surface area contributed by atoms with E-state index in [4.69, 9.17) is 9.47 Å². The highest BCUT2D eigenvalue weighted by molar-refractivity contribution is 6.26. The van der Waals surface area contributed by atoms with Gasteiger partial charge in [-0.15, -0.1) is 0 Å². The SMILES string of the molecule is CCOC(=O)c1ccccc1C1=c2cc3c(cc2Oc2cc4c(cc21)CCCN4CCN1C(=O)c2cccc4cccc(c24)C1=O)=[N+](CCN1C(=O)c2cccc4cccc(c24)C1=O)CCC3. The average Bonchev–Trinajstić information content (AvgIpc) is 3.35. The van der Waals surface area contributed by atoms with Crippen LogP contribution in [0.25, 0.3) is 27.1 Å². The Hall–Kier alpha value is -7.92. The highest BCUT2D eigenvalue weighted by Crippen LogP contribution is 2.43. The maximum Gasteiger partial charge on any atom is 0.338 e. The first kappa shape index (κ1) is 40.6. The molecule has 67 heavy (non-hydrogen) atoms. The highest BCUT2D eigenvalue weighted by Gasteiger charge is 2.36. The molecule has 0 aliphatic carbocycles. The molecule has 5 heterocycles. The van der Waals surface area contributed by atoms with Crippen LogP contribution in [-0.4, -0.2) is 85.3 Å². The van der Waals surface area contributed by atoms with Gasteiger partial charge < -0.3 is 14.4 Å². The number of amides is 4. The average molecular weight is 886 g/mol. The molecule has 5 aliphatic rings. The van der Waals surface area contributed by atoms with E-state index in [0.717, 1.165) is 93.6 Å². The monoisotopic (exact) mass is 885 g/mol. The number of anilines is 1. The Labute approximate surface area is 385 Å². The summed E-state index contributed by atoms with van der Waals surface area (Å²) in [6.45, 7) is 4.80. The number of carbonyl (C=O) groups excluding carboxylic acids is 5. The van der Waals surface area contributed by atoms with Crippen LogP contribution in [0.1, 0.15) is 93.8 Å². The molecule has 0 fully saturated rings. The molecule has 5 aliphatic heterocycles. The molecule has 0 radical (unpaired) electrons. The molecular weight excluding hydrogens is 841 g/mol. The Kier molecular flexibility index (Phi) is 9.63. The van der Waals surface area contributed by atoms with Crippen LogP contribution >= 0.6 is 0 Å². The Morgan fingerprint density at radius 2 is 1.21 bits per heavy atom. The first-order valence-corrected chi connectivity index (χ1v) is 23.2. The molecule has 11 nitrogen and oxygen atoms in total. The Morgan fingerprint density at radius 3 is 1.85 bits per heavy atom. The van der Waals surface area contributed by atoms with Crippen molar-refractivity contribution in [1.29, 1.82) is 0 Å². The van der Waals surface area contributed by atoms with Crippen molar-refractivity contribution in [2.45, 2.75) is 32.6 Å². The normalized spacial score (nSPS) is 15.9. The summed E-state index contributed by atoms with van der Waals surface area (Å²) < 4.78 is 14.8. The molecule has 4 amide bonds. The standard InChI is InChI=1S/C56H45N4O7/c1-2-66-56(65)38-18-4-3-17-37(38)51-43-29-35-15-9-23-57(25-27-59-52(61)39-19-5-11-33-12-6-20-40(49(33)39)53(59)62)45(35)31-47(43)67-48-32-46-36(30-44(48)51)16-10-24-58(46)26-28-60-54(63)41-21-7-13-34-14-8-22-42(50(34)41)55(60)64/h3-8,11-14,17-22,29-32H,2,9-10,15-16,23-28H2,1H3/q+1. The minimum Gasteiger partial charge on any atom is -0.462 e. The van der Waals surface area contributed by atoms with E-state index in [0.29, 0.717) is 63.2 Å². The van der Waals surface area contributed by atoms with Gasteiger partial charge >= 0.3 is 5.97 Å². The second-order valence-electron chi connectivity index (χ2n) is 17.8. The van der Waals surface area contributed by atoms with Crippen molar-refractivity contribution >= 4 is 62.4 Å². The summed E-state index contributed by atoms with van der Waals surface area (Å²) in [6, 6.07) is 38.4. The summed E-state index contributed by atoms with van der Waals surface area (Å²) >= 11 is 0. The number of esters is 1. The summed E-state index contributed by atoms with van der Waals surface area (Å²) in [6.07, 6.45) is 3.39. The summed E-state index contributed by atoms with van der Waals surface area (Å²) in [5.41, 5.74) is 8.27. The zero-order valence-corrected chi connectivity index (χ0v) is 37.0. The molecular formula is C56H45N4O7+. The van der Waals surface area contributed by atoms with Gasteiger partial charge in [0.15, 0.2) is 6.54 Å². The number of benzene rings is 7. The van der Waals surface area contributed by atoms with Gasteiger partial charge in [-0.05, 0) is 90.6 Å².